The zero-order valence-electron chi connectivity index (χ0n) is 8.44. The highest BCUT2D eigenvalue weighted by Gasteiger charge is 2.24. The van der Waals surface area contributed by atoms with Gasteiger partial charge >= 0.3 is 0 Å². The van der Waals surface area contributed by atoms with Crippen LogP contribution in [0.5, 0.6) is 0 Å². The molecule has 0 bridgehead atoms. The fourth-order valence-electron chi connectivity index (χ4n) is 1.96. The largest absolute Gasteiger partial charge is 0.310 e. The van der Waals surface area contributed by atoms with Gasteiger partial charge in [0.15, 0.2) is 11.6 Å². The van der Waals surface area contributed by atoms with Crippen molar-refractivity contribution >= 4 is 0 Å². The zero-order valence-corrected chi connectivity index (χ0v) is 8.44. The molecule has 1 atom stereocenters. The summed E-state index contributed by atoms with van der Waals surface area (Å²) in [6.45, 7) is 0.699. The average Bonchev–Trinajstić information content (AvgIpc) is 2.74. The highest BCUT2D eigenvalue weighted by Crippen LogP contribution is 2.30. The van der Waals surface area contributed by atoms with Crippen molar-refractivity contribution in [3.63, 3.8) is 0 Å². The Morgan fingerprint density at radius 2 is 2.00 bits per heavy atom. The summed E-state index contributed by atoms with van der Waals surface area (Å²) in [7, 11) is 0. The lowest BCUT2D eigenvalue weighted by atomic mass is 10.0. The number of alkyl halides is 2. The van der Waals surface area contributed by atoms with Gasteiger partial charge in [0.05, 0.1) is 0 Å². The van der Waals surface area contributed by atoms with Gasteiger partial charge < -0.3 is 5.32 Å². The monoisotopic (exact) mass is 233 g/mol. The molecule has 88 valence electrons. The number of benzene rings is 1. The maximum absolute atomic E-state index is 13.4. The Morgan fingerprint density at radius 3 is 2.56 bits per heavy atom. The van der Waals surface area contributed by atoms with E-state index in [9.17, 15) is 17.6 Å². The predicted molar refractivity (Wildman–Crippen MR) is 51.3 cm³/mol. The summed E-state index contributed by atoms with van der Waals surface area (Å²) < 4.78 is 51.4. The first-order valence-corrected chi connectivity index (χ1v) is 5.10. The summed E-state index contributed by atoms with van der Waals surface area (Å²) in [6.07, 6.45) is -1.30. The van der Waals surface area contributed by atoms with E-state index in [-0.39, 0.29) is 11.6 Å². The van der Waals surface area contributed by atoms with E-state index in [4.69, 9.17) is 0 Å². The number of hydrogen-bond donors (Lipinski definition) is 1. The molecule has 1 unspecified atom stereocenters. The van der Waals surface area contributed by atoms with Crippen LogP contribution >= 0.6 is 0 Å². The molecule has 5 heteroatoms. The first-order chi connectivity index (χ1) is 7.59. The average molecular weight is 233 g/mol. The summed E-state index contributed by atoms with van der Waals surface area (Å²) in [6, 6.07) is 1.25. The Balaban J connectivity index is 2.41. The Bertz CT molecular complexity index is 386. The molecule has 1 aliphatic heterocycles. The van der Waals surface area contributed by atoms with Crippen molar-refractivity contribution in [1.29, 1.82) is 0 Å². The van der Waals surface area contributed by atoms with Gasteiger partial charge in [-0.05, 0) is 31.5 Å². The molecule has 1 aromatic carbocycles. The summed E-state index contributed by atoms with van der Waals surface area (Å²) in [5.74, 6) is -2.23. The minimum absolute atomic E-state index is 0.00722. The highest BCUT2D eigenvalue weighted by atomic mass is 19.3. The standard InChI is InChI=1S/C11H11F4N/c12-8-5-6(11(14)15)4-7(10(8)13)9-2-1-3-16-9/h4-5,9,11,16H,1-3H2. The van der Waals surface area contributed by atoms with E-state index in [1.807, 2.05) is 0 Å². The second-order valence-electron chi connectivity index (χ2n) is 3.86. The van der Waals surface area contributed by atoms with Crippen LogP contribution in [-0.2, 0) is 0 Å². The number of rotatable bonds is 2. The van der Waals surface area contributed by atoms with Crippen LogP contribution in [0.4, 0.5) is 17.6 Å². The maximum Gasteiger partial charge on any atom is 0.263 e. The van der Waals surface area contributed by atoms with Crippen LogP contribution in [0.1, 0.15) is 36.4 Å². The van der Waals surface area contributed by atoms with E-state index >= 15 is 0 Å². The normalized spacial score (nSPS) is 20.7. The molecule has 0 saturated carbocycles. The molecule has 16 heavy (non-hydrogen) atoms. The smallest absolute Gasteiger partial charge is 0.263 e. The lowest BCUT2D eigenvalue weighted by molar-refractivity contribution is 0.150. The minimum atomic E-state index is -2.78. The van der Waals surface area contributed by atoms with Gasteiger partial charge in [0.2, 0.25) is 0 Å². The van der Waals surface area contributed by atoms with Crippen molar-refractivity contribution in [3.05, 3.63) is 34.9 Å². The lowest BCUT2D eigenvalue weighted by Crippen LogP contribution is -2.15. The molecule has 0 aliphatic carbocycles. The second kappa shape index (κ2) is 4.41. The molecule has 2 rings (SSSR count). The van der Waals surface area contributed by atoms with Crippen molar-refractivity contribution < 1.29 is 17.6 Å². The molecular weight excluding hydrogens is 222 g/mol. The SMILES string of the molecule is Fc1cc(C(F)F)cc(C2CCCN2)c1F. The number of nitrogens with one attached hydrogen (secondary N) is 1. The Hall–Kier alpha value is -1.10. The van der Waals surface area contributed by atoms with Crippen LogP contribution in [0.25, 0.3) is 0 Å². The van der Waals surface area contributed by atoms with Crippen LogP contribution in [0.3, 0.4) is 0 Å². The molecule has 1 nitrogen and oxygen atoms in total. The lowest BCUT2D eigenvalue weighted by Gasteiger charge is -2.13. The van der Waals surface area contributed by atoms with E-state index in [1.54, 1.807) is 0 Å². The van der Waals surface area contributed by atoms with Crippen LogP contribution in [-0.4, -0.2) is 6.54 Å². The van der Waals surface area contributed by atoms with Crippen molar-refractivity contribution in [1.82, 2.24) is 5.32 Å². The fourth-order valence-corrected chi connectivity index (χ4v) is 1.96. The van der Waals surface area contributed by atoms with E-state index in [2.05, 4.69) is 5.32 Å². The van der Waals surface area contributed by atoms with Crippen LogP contribution < -0.4 is 5.32 Å². The Morgan fingerprint density at radius 1 is 1.25 bits per heavy atom. The van der Waals surface area contributed by atoms with E-state index < -0.39 is 23.6 Å². The van der Waals surface area contributed by atoms with Gasteiger partial charge in [0.1, 0.15) is 0 Å². The minimum Gasteiger partial charge on any atom is -0.310 e. The molecule has 1 heterocycles. The maximum atomic E-state index is 13.4. The third kappa shape index (κ3) is 2.04. The summed E-state index contributed by atoms with van der Waals surface area (Å²) in [5.41, 5.74) is -0.463. The molecule has 0 aromatic heterocycles. The molecule has 0 amide bonds. The second-order valence-corrected chi connectivity index (χ2v) is 3.86. The van der Waals surface area contributed by atoms with Gasteiger partial charge in [0.25, 0.3) is 6.43 Å². The van der Waals surface area contributed by atoms with Crippen molar-refractivity contribution in [2.45, 2.75) is 25.3 Å². The van der Waals surface area contributed by atoms with Gasteiger partial charge in [-0.25, -0.2) is 17.6 Å². The predicted octanol–water partition coefficient (Wildman–Crippen LogP) is 3.33. The molecule has 1 N–H and O–H groups in total. The first kappa shape index (κ1) is 11.4. The Labute approximate surface area is 90.5 Å². The molecular formula is C11H11F4N. The van der Waals surface area contributed by atoms with Gasteiger partial charge in [-0.15, -0.1) is 0 Å². The molecule has 0 radical (unpaired) electrons. The van der Waals surface area contributed by atoms with Gasteiger partial charge in [-0.3, -0.25) is 0 Å². The molecule has 1 aliphatic rings. The first-order valence-electron chi connectivity index (χ1n) is 5.10. The molecule has 1 aromatic rings. The number of halogens is 4. The third-order valence-electron chi connectivity index (χ3n) is 2.77. The van der Waals surface area contributed by atoms with Gasteiger partial charge in [0, 0.05) is 17.2 Å². The van der Waals surface area contributed by atoms with Crippen molar-refractivity contribution in [2.24, 2.45) is 0 Å². The van der Waals surface area contributed by atoms with Crippen molar-refractivity contribution in [3.8, 4) is 0 Å². The van der Waals surface area contributed by atoms with Gasteiger partial charge in [-0.1, -0.05) is 0 Å². The molecule has 1 saturated heterocycles. The molecule has 1 fully saturated rings. The topological polar surface area (TPSA) is 12.0 Å². The third-order valence-corrected chi connectivity index (χ3v) is 2.77. The zero-order chi connectivity index (χ0) is 11.7. The molecule has 0 spiro atoms. The number of hydrogen-bond acceptors (Lipinski definition) is 1. The highest BCUT2D eigenvalue weighted by molar-refractivity contribution is 5.30. The Kier molecular flexibility index (Phi) is 3.14. The summed E-state index contributed by atoms with van der Waals surface area (Å²) in [5, 5.41) is 2.96. The van der Waals surface area contributed by atoms with Crippen LogP contribution in [0.15, 0.2) is 12.1 Å². The van der Waals surface area contributed by atoms with Crippen LogP contribution in [0.2, 0.25) is 0 Å². The summed E-state index contributed by atoms with van der Waals surface area (Å²) in [4.78, 5) is 0. The van der Waals surface area contributed by atoms with Crippen LogP contribution in [0, 0.1) is 11.6 Å². The quantitative estimate of drug-likeness (QED) is 0.772. The van der Waals surface area contributed by atoms with Gasteiger partial charge in [-0.2, -0.15) is 0 Å². The van der Waals surface area contributed by atoms with E-state index in [0.717, 1.165) is 12.5 Å². The fraction of sp³-hybridized carbons (Fsp3) is 0.455. The summed E-state index contributed by atoms with van der Waals surface area (Å²) >= 11 is 0. The van der Waals surface area contributed by atoms with E-state index in [1.165, 1.54) is 0 Å². The van der Waals surface area contributed by atoms with E-state index in [0.29, 0.717) is 19.0 Å². The van der Waals surface area contributed by atoms with Crippen molar-refractivity contribution in [2.75, 3.05) is 6.54 Å².